The molecular weight excluding hydrogens is 280 g/mol. The molecule has 1 fully saturated rings. The first-order valence-corrected chi connectivity index (χ1v) is 6.33. The van der Waals surface area contributed by atoms with E-state index in [0.29, 0.717) is 5.56 Å². The maximum atomic E-state index is 11.6. The predicted molar refractivity (Wildman–Crippen MR) is 71.3 cm³/mol. The molecular formula is C14H16O7. The summed E-state index contributed by atoms with van der Waals surface area (Å²) in [6.07, 6.45) is -2.42. The van der Waals surface area contributed by atoms with Crippen molar-refractivity contribution in [1.82, 2.24) is 0 Å². The van der Waals surface area contributed by atoms with E-state index in [-0.39, 0.29) is 17.9 Å². The molecule has 21 heavy (non-hydrogen) atoms. The van der Waals surface area contributed by atoms with Gasteiger partial charge in [-0.1, -0.05) is 6.07 Å². The van der Waals surface area contributed by atoms with Crippen molar-refractivity contribution in [2.45, 2.75) is 30.8 Å². The molecule has 0 spiro atoms. The lowest BCUT2D eigenvalue weighted by Gasteiger charge is -2.18. The Balaban J connectivity index is 1.98. The Labute approximate surface area is 120 Å². The number of benzene rings is 1. The molecule has 4 atom stereocenters. The van der Waals surface area contributed by atoms with Gasteiger partial charge >= 0.3 is 5.97 Å². The molecule has 0 radical (unpaired) electrons. The van der Waals surface area contributed by atoms with Gasteiger partial charge in [-0.15, -0.1) is 0 Å². The van der Waals surface area contributed by atoms with E-state index in [4.69, 9.17) is 9.84 Å². The zero-order chi connectivity index (χ0) is 15.6. The number of aliphatic hydroxyl groups is 3. The normalized spacial score (nSPS) is 28.9. The number of phenols is 2. The largest absolute Gasteiger partial charge is 0.504 e. The highest BCUT2D eigenvalue weighted by atomic mass is 16.6. The molecule has 1 aliphatic rings. The number of carbonyl (C=O) groups excluding carboxylic acids is 1. The third-order valence-corrected chi connectivity index (χ3v) is 3.26. The van der Waals surface area contributed by atoms with Gasteiger partial charge in [0.1, 0.15) is 6.10 Å². The first-order chi connectivity index (χ1) is 9.88. The van der Waals surface area contributed by atoms with Gasteiger partial charge in [-0.2, -0.15) is 0 Å². The van der Waals surface area contributed by atoms with Gasteiger partial charge < -0.3 is 30.3 Å². The lowest BCUT2D eigenvalue weighted by atomic mass is 10.2. The average Bonchev–Trinajstić information content (AvgIpc) is 2.67. The molecule has 7 heteroatoms. The highest BCUT2D eigenvalue weighted by Gasteiger charge is 2.43. The van der Waals surface area contributed by atoms with Crippen LogP contribution in [-0.2, 0) is 9.53 Å². The van der Waals surface area contributed by atoms with E-state index in [1.54, 1.807) is 0 Å². The molecule has 0 aromatic heterocycles. The van der Waals surface area contributed by atoms with Gasteiger partial charge in [0.25, 0.3) is 0 Å². The number of carbonyl (C=O) groups is 1. The fraction of sp³-hybridized carbons (Fsp3) is 0.357. The van der Waals surface area contributed by atoms with Crippen molar-refractivity contribution in [3.63, 3.8) is 0 Å². The quantitative estimate of drug-likeness (QED) is 0.289. The zero-order valence-corrected chi connectivity index (χ0v) is 11.0. The molecule has 1 aromatic carbocycles. The average molecular weight is 296 g/mol. The first kappa shape index (κ1) is 15.3. The van der Waals surface area contributed by atoms with E-state index < -0.39 is 30.4 Å². The summed E-state index contributed by atoms with van der Waals surface area (Å²) in [6.45, 7) is 0. The number of aromatic hydroxyl groups is 2. The van der Waals surface area contributed by atoms with E-state index in [2.05, 4.69) is 0 Å². The first-order valence-electron chi connectivity index (χ1n) is 6.33. The summed E-state index contributed by atoms with van der Waals surface area (Å²) in [5, 5.41) is 46.9. The van der Waals surface area contributed by atoms with Gasteiger partial charge in [-0.05, 0) is 23.8 Å². The Bertz CT molecular complexity index is 554. The lowest BCUT2D eigenvalue weighted by Crippen LogP contribution is -2.36. The molecule has 7 nitrogen and oxygen atoms in total. The Hall–Kier alpha value is -2.09. The van der Waals surface area contributed by atoms with Crippen LogP contribution in [0.25, 0.3) is 6.08 Å². The van der Waals surface area contributed by atoms with Gasteiger partial charge in [-0.3, -0.25) is 0 Å². The van der Waals surface area contributed by atoms with Crippen LogP contribution >= 0.6 is 0 Å². The molecule has 114 valence electrons. The molecule has 0 saturated heterocycles. The van der Waals surface area contributed by atoms with Crippen LogP contribution in [0.15, 0.2) is 24.3 Å². The summed E-state index contributed by atoms with van der Waals surface area (Å²) in [6, 6.07) is 3.99. The second-order valence-corrected chi connectivity index (χ2v) is 4.84. The number of phenolic OH excluding ortho intramolecular Hbond substituents is 2. The van der Waals surface area contributed by atoms with Crippen LogP contribution in [0.2, 0.25) is 0 Å². The van der Waals surface area contributed by atoms with E-state index in [0.717, 1.165) is 6.08 Å². The maximum Gasteiger partial charge on any atom is 0.331 e. The SMILES string of the molecule is O=C(/C=C/c1ccc(O)c(O)c1)O[C@H]1[C@H](O)[C@H](O)C[C@@H]1O. The van der Waals surface area contributed by atoms with Crippen LogP contribution in [-0.4, -0.2) is 55.9 Å². The Morgan fingerprint density at radius 1 is 1.14 bits per heavy atom. The number of esters is 1. The smallest absolute Gasteiger partial charge is 0.331 e. The molecule has 1 aliphatic carbocycles. The van der Waals surface area contributed by atoms with E-state index in [1.165, 1.54) is 24.3 Å². The molecule has 2 rings (SSSR count). The summed E-state index contributed by atoms with van der Waals surface area (Å²) in [7, 11) is 0. The molecule has 0 aliphatic heterocycles. The zero-order valence-electron chi connectivity index (χ0n) is 11.0. The summed E-state index contributed by atoms with van der Waals surface area (Å²) in [5.74, 6) is -1.41. The third kappa shape index (κ3) is 3.52. The van der Waals surface area contributed by atoms with Crippen molar-refractivity contribution in [2.75, 3.05) is 0 Å². The molecule has 1 saturated carbocycles. The van der Waals surface area contributed by atoms with E-state index >= 15 is 0 Å². The van der Waals surface area contributed by atoms with Crippen LogP contribution in [0.1, 0.15) is 12.0 Å². The van der Waals surface area contributed by atoms with Crippen LogP contribution in [0.3, 0.4) is 0 Å². The minimum atomic E-state index is -1.32. The molecule has 1 aromatic rings. The van der Waals surface area contributed by atoms with Gasteiger partial charge in [0.15, 0.2) is 17.6 Å². The number of hydrogen-bond acceptors (Lipinski definition) is 7. The van der Waals surface area contributed by atoms with Crippen LogP contribution < -0.4 is 0 Å². The van der Waals surface area contributed by atoms with Crippen molar-refractivity contribution >= 4 is 12.0 Å². The third-order valence-electron chi connectivity index (χ3n) is 3.26. The monoisotopic (exact) mass is 296 g/mol. The molecule has 0 amide bonds. The highest BCUT2D eigenvalue weighted by Crippen LogP contribution is 2.26. The number of hydrogen-bond donors (Lipinski definition) is 5. The fourth-order valence-corrected chi connectivity index (χ4v) is 2.10. The van der Waals surface area contributed by atoms with E-state index in [1.807, 2.05) is 0 Å². The highest BCUT2D eigenvalue weighted by molar-refractivity contribution is 5.87. The second-order valence-electron chi connectivity index (χ2n) is 4.84. The standard InChI is InChI=1S/C14H16O7/c15-8-3-1-7(5-9(8)16)2-4-12(19)21-14-11(18)6-10(17)13(14)20/h1-5,10-11,13-18,20H,6H2/b4-2+/t10-,11+,13-,14-/m1/s1. The van der Waals surface area contributed by atoms with Crippen LogP contribution in [0.5, 0.6) is 11.5 Å². The number of rotatable bonds is 3. The minimum Gasteiger partial charge on any atom is -0.504 e. The Kier molecular flexibility index (Phi) is 4.46. The van der Waals surface area contributed by atoms with Crippen molar-refractivity contribution in [2.24, 2.45) is 0 Å². The van der Waals surface area contributed by atoms with Gasteiger partial charge in [-0.25, -0.2) is 4.79 Å². The number of aliphatic hydroxyl groups excluding tert-OH is 3. The second kappa shape index (κ2) is 6.13. The summed E-state index contributed by atoms with van der Waals surface area (Å²) in [4.78, 5) is 11.6. The van der Waals surface area contributed by atoms with Crippen LogP contribution in [0.4, 0.5) is 0 Å². The van der Waals surface area contributed by atoms with Gasteiger partial charge in [0, 0.05) is 12.5 Å². The molecule has 0 unspecified atom stereocenters. The summed E-state index contributed by atoms with van der Waals surface area (Å²) >= 11 is 0. The Morgan fingerprint density at radius 2 is 1.86 bits per heavy atom. The fourth-order valence-electron chi connectivity index (χ4n) is 2.10. The molecule has 0 bridgehead atoms. The summed E-state index contributed by atoms with van der Waals surface area (Å²) in [5.41, 5.74) is 0.454. The Morgan fingerprint density at radius 3 is 2.43 bits per heavy atom. The van der Waals surface area contributed by atoms with Gasteiger partial charge in [0.05, 0.1) is 12.2 Å². The summed E-state index contributed by atoms with van der Waals surface area (Å²) < 4.78 is 4.88. The van der Waals surface area contributed by atoms with E-state index in [9.17, 15) is 25.2 Å². The minimum absolute atomic E-state index is 0.0609. The van der Waals surface area contributed by atoms with Gasteiger partial charge in [0.2, 0.25) is 0 Å². The lowest BCUT2D eigenvalue weighted by molar-refractivity contribution is -0.154. The predicted octanol–water partition coefficient (Wildman–Crippen LogP) is -0.491. The van der Waals surface area contributed by atoms with Crippen molar-refractivity contribution in [3.8, 4) is 11.5 Å². The topological polar surface area (TPSA) is 127 Å². The molecule has 0 heterocycles. The number of ether oxygens (including phenoxy) is 1. The van der Waals surface area contributed by atoms with Crippen LogP contribution in [0, 0.1) is 0 Å². The maximum absolute atomic E-state index is 11.6. The van der Waals surface area contributed by atoms with Crippen molar-refractivity contribution in [3.05, 3.63) is 29.8 Å². The molecule has 5 N–H and O–H groups in total. The van der Waals surface area contributed by atoms with Crippen molar-refractivity contribution < 1.29 is 35.1 Å². The van der Waals surface area contributed by atoms with Crippen molar-refractivity contribution in [1.29, 1.82) is 0 Å².